The fourth-order valence-corrected chi connectivity index (χ4v) is 2.79. The quantitative estimate of drug-likeness (QED) is 0.495. The van der Waals surface area contributed by atoms with Crippen molar-refractivity contribution in [1.29, 1.82) is 0 Å². The van der Waals surface area contributed by atoms with Crippen LogP contribution in [0.2, 0.25) is 0 Å². The summed E-state index contributed by atoms with van der Waals surface area (Å²) in [4.78, 5) is 8.14. The van der Waals surface area contributed by atoms with Crippen LogP contribution in [-0.4, -0.2) is 34.4 Å². The lowest BCUT2D eigenvalue weighted by Gasteiger charge is -2.01. The minimum Gasteiger partial charge on any atom is -0.493 e. The van der Waals surface area contributed by atoms with Crippen LogP contribution in [0.3, 0.4) is 0 Å². The van der Waals surface area contributed by atoms with Crippen LogP contribution in [0, 0.1) is 6.92 Å². The standard InChI is InChI=1S/C11H12N2O.C10H10N2O2/c1-8-11(14)13(2)10(12-8)9-6-4-3-5-7-9;1-12-8(11-9(13)10(12)14)7-5-3-2-4-6-7/h3-7,14H,1-2H3;2-6,13-14H,1H3. The molecule has 144 valence electrons. The van der Waals surface area contributed by atoms with Crippen molar-refractivity contribution in [2.45, 2.75) is 6.92 Å². The molecule has 0 radical (unpaired) electrons. The monoisotopic (exact) mass is 378 g/mol. The zero-order valence-corrected chi connectivity index (χ0v) is 15.9. The molecule has 0 aliphatic rings. The highest BCUT2D eigenvalue weighted by Gasteiger charge is 2.13. The van der Waals surface area contributed by atoms with Gasteiger partial charge in [0.1, 0.15) is 11.6 Å². The van der Waals surface area contributed by atoms with Crippen LogP contribution in [0.5, 0.6) is 17.6 Å². The average molecular weight is 378 g/mol. The number of benzene rings is 2. The molecule has 0 aliphatic heterocycles. The number of aromatic nitrogens is 4. The van der Waals surface area contributed by atoms with Crippen molar-refractivity contribution in [2.24, 2.45) is 14.1 Å². The Balaban J connectivity index is 0.000000161. The highest BCUT2D eigenvalue weighted by molar-refractivity contribution is 5.58. The Labute approximate surface area is 162 Å². The van der Waals surface area contributed by atoms with Gasteiger partial charge in [0.15, 0.2) is 0 Å². The summed E-state index contributed by atoms with van der Waals surface area (Å²) >= 11 is 0. The highest BCUT2D eigenvalue weighted by Crippen LogP contribution is 2.29. The minimum atomic E-state index is -0.341. The van der Waals surface area contributed by atoms with Gasteiger partial charge in [0.2, 0.25) is 5.88 Å². The molecule has 0 atom stereocenters. The number of hydrogen-bond acceptors (Lipinski definition) is 5. The number of imidazole rings is 2. The Morgan fingerprint density at radius 2 is 1.07 bits per heavy atom. The van der Waals surface area contributed by atoms with Gasteiger partial charge in [-0.2, -0.15) is 4.98 Å². The van der Waals surface area contributed by atoms with Crippen LogP contribution in [0.25, 0.3) is 22.8 Å². The first-order chi connectivity index (χ1) is 13.4. The number of aryl methyl sites for hydroxylation is 1. The topological polar surface area (TPSA) is 96.3 Å². The molecule has 4 aromatic rings. The second-order valence-electron chi connectivity index (χ2n) is 6.28. The lowest BCUT2D eigenvalue weighted by atomic mass is 10.2. The SMILES string of the molecule is Cc1nc(-c2ccccc2)n(C)c1O.Cn1c(-c2ccccc2)nc(O)c1O. The molecule has 0 unspecified atom stereocenters. The summed E-state index contributed by atoms with van der Waals surface area (Å²) in [6, 6.07) is 19.2. The van der Waals surface area contributed by atoms with Crippen molar-refractivity contribution in [3.8, 4) is 40.4 Å². The van der Waals surface area contributed by atoms with E-state index < -0.39 is 0 Å². The van der Waals surface area contributed by atoms with Gasteiger partial charge < -0.3 is 15.3 Å². The first kappa shape index (κ1) is 19.0. The van der Waals surface area contributed by atoms with Crippen molar-refractivity contribution in [3.05, 3.63) is 66.4 Å². The molecule has 0 saturated carbocycles. The van der Waals surface area contributed by atoms with Gasteiger partial charge in [0, 0.05) is 25.2 Å². The predicted molar refractivity (Wildman–Crippen MR) is 107 cm³/mol. The van der Waals surface area contributed by atoms with E-state index in [1.165, 1.54) is 4.57 Å². The molecule has 0 fully saturated rings. The molecule has 0 amide bonds. The molecule has 0 aliphatic carbocycles. The molecule has 7 nitrogen and oxygen atoms in total. The normalized spacial score (nSPS) is 10.4. The van der Waals surface area contributed by atoms with Crippen LogP contribution < -0.4 is 0 Å². The summed E-state index contributed by atoms with van der Waals surface area (Å²) in [5.41, 5.74) is 2.52. The second kappa shape index (κ2) is 7.87. The van der Waals surface area contributed by atoms with Gasteiger partial charge in [-0.3, -0.25) is 9.13 Å². The first-order valence-corrected chi connectivity index (χ1v) is 8.68. The third-order valence-corrected chi connectivity index (χ3v) is 4.34. The van der Waals surface area contributed by atoms with E-state index in [0.717, 1.165) is 17.0 Å². The van der Waals surface area contributed by atoms with Gasteiger partial charge in [0.25, 0.3) is 11.8 Å². The Morgan fingerprint density at radius 1 is 0.643 bits per heavy atom. The van der Waals surface area contributed by atoms with Gasteiger partial charge >= 0.3 is 0 Å². The number of nitrogens with zero attached hydrogens (tertiary/aromatic N) is 4. The zero-order valence-electron chi connectivity index (χ0n) is 15.9. The van der Waals surface area contributed by atoms with Gasteiger partial charge in [0.05, 0.1) is 5.69 Å². The summed E-state index contributed by atoms with van der Waals surface area (Å²) in [7, 11) is 3.45. The van der Waals surface area contributed by atoms with E-state index in [4.69, 9.17) is 0 Å². The van der Waals surface area contributed by atoms with Crippen LogP contribution in [0.1, 0.15) is 5.69 Å². The van der Waals surface area contributed by atoms with Gasteiger partial charge in [-0.05, 0) is 6.92 Å². The Kier molecular flexibility index (Phi) is 5.35. The molecule has 0 spiro atoms. The molecule has 2 aromatic heterocycles. The van der Waals surface area contributed by atoms with Gasteiger partial charge in [-0.25, -0.2) is 4.98 Å². The maximum atomic E-state index is 9.59. The number of rotatable bonds is 2. The van der Waals surface area contributed by atoms with Gasteiger partial charge in [-0.15, -0.1) is 0 Å². The maximum absolute atomic E-state index is 9.59. The molecule has 2 aromatic carbocycles. The van der Waals surface area contributed by atoms with E-state index in [1.807, 2.05) is 60.7 Å². The van der Waals surface area contributed by atoms with Crippen molar-refractivity contribution >= 4 is 0 Å². The molecule has 3 N–H and O–H groups in total. The summed E-state index contributed by atoms with van der Waals surface area (Å²) in [6.45, 7) is 1.79. The van der Waals surface area contributed by atoms with Crippen LogP contribution >= 0.6 is 0 Å². The summed E-state index contributed by atoms with van der Waals surface area (Å²) in [6.07, 6.45) is 0. The molecule has 7 heteroatoms. The number of aromatic hydroxyl groups is 3. The van der Waals surface area contributed by atoms with Crippen molar-refractivity contribution in [3.63, 3.8) is 0 Å². The average Bonchev–Trinajstić information content (AvgIpc) is 3.14. The van der Waals surface area contributed by atoms with E-state index >= 15 is 0 Å². The van der Waals surface area contributed by atoms with Crippen LogP contribution in [0.4, 0.5) is 0 Å². The van der Waals surface area contributed by atoms with E-state index in [1.54, 1.807) is 25.6 Å². The lowest BCUT2D eigenvalue weighted by Crippen LogP contribution is -1.91. The summed E-state index contributed by atoms with van der Waals surface area (Å²) in [5, 5.41) is 28.1. The van der Waals surface area contributed by atoms with E-state index in [2.05, 4.69) is 9.97 Å². The zero-order chi connectivity index (χ0) is 20.3. The maximum Gasteiger partial charge on any atom is 0.275 e. The molecular formula is C21H22N4O3. The summed E-state index contributed by atoms with van der Waals surface area (Å²) in [5.74, 6) is 1.00. The third kappa shape index (κ3) is 3.68. The number of hydrogen-bond donors (Lipinski definition) is 3. The smallest absolute Gasteiger partial charge is 0.275 e. The largest absolute Gasteiger partial charge is 0.493 e. The third-order valence-electron chi connectivity index (χ3n) is 4.34. The van der Waals surface area contributed by atoms with Crippen molar-refractivity contribution in [1.82, 2.24) is 19.1 Å². The Bertz CT molecular complexity index is 982. The Hall–Kier alpha value is -3.74. The van der Waals surface area contributed by atoms with E-state index in [9.17, 15) is 15.3 Å². The lowest BCUT2D eigenvalue weighted by molar-refractivity contribution is 0.374. The molecule has 2 heterocycles. The van der Waals surface area contributed by atoms with E-state index in [-0.39, 0.29) is 17.6 Å². The molecule has 28 heavy (non-hydrogen) atoms. The highest BCUT2D eigenvalue weighted by atomic mass is 16.3. The fraction of sp³-hybridized carbons (Fsp3) is 0.143. The van der Waals surface area contributed by atoms with Crippen LogP contribution in [0.15, 0.2) is 60.7 Å². The first-order valence-electron chi connectivity index (χ1n) is 8.68. The predicted octanol–water partition coefficient (Wildman–Crippen LogP) is 3.60. The van der Waals surface area contributed by atoms with Crippen LogP contribution in [-0.2, 0) is 14.1 Å². The second-order valence-corrected chi connectivity index (χ2v) is 6.28. The molecule has 0 saturated heterocycles. The Morgan fingerprint density at radius 3 is 1.43 bits per heavy atom. The van der Waals surface area contributed by atoms with Gasteiger partial charge in [-0.1, -0.05) is 60.7 Å². The minimum absolute atomic E-state index is 0.219. The molecular weight excluding hydrogens is 356 g/mol. The molecule has 0 bridgehead atoms. The van der Waals surface area contributed by atoms with E-state index in [0.29, 0.717) is 11.5 Å². The van der Waals surface area contributed by atoms with Crippen molar-refractivity contribution in [2.75, 3.05) is 0 Å². The van der Waals surface area contributed by atoms with Crippen molar-refractivity contribution < 1.29 is 15.3 Å². The fourth-order valence-electron chi connectivity index (χ4n) is 2.79. The summed E-state index contributed by atoms with van der Waals surface area (Å²) < 4.78 is 3.12. The molecule has 4 rings (SSSR count).